The maximum atomic E-state index is 12.1. The summed E-state index contributed by atoms with van der Waals surface area (Å²) in [4.78, 5) is 0. The predicted octanol–water partition coefficient (Wildman–Crippen LogP) is 2.71. The van der Waals surface area contributed by atoms with Crippen molar-refractivity contribution in [1.82, 2.24) is 15.1 Å². The second-order valence-electron chi connectivity index (χ2n) is 4.00. The molecule has 0 unspecified atom stereocenters. The van der Waals surface area contributed by atoms with Crippen LogP contribution in [0.3, 0.4) is 0 Å². The number of nitrogens with zero attached hydrogens (tertiary/aromatic N) is 2. The number of hydrogen-bond donors (Lipinski definition) is 1. The van der Waals surface area contributed by atoms with E-state index >= 15 is 0 Å². The molecule has 0 aliphatic heterocycles. The molecule has 0 bridgehead atoms. The first-order chi connectivity index (χ1) is 8.51. The molecule has 0 aliphatic carbocycles. The fourth-order valence-corrected chi connectivity index (χ4v) is 1.89. The van der Waals surface area contributed by atoms with Gasteiger partial charge in [0.15, 0.2) is 0 Å². The number of halogens is 3. The van der Waals surface area contributed by atoms with Crippen molar-refractivity contribution in [2.24, 2.45) is 0 Å². The third-order valence-corrected chi connectivity index (χ3v) is 2.65. The zero-order valence-corrected chi connectivity index (χ0v) is 9.96. The Morgan fingerprint density at radius 2 is 2.00 bits per heavy atom. The van der Waals surface area contributed by atoms with Crippen LogP contribution in [0, 0.1) is 0 Å². The van der Waals surface area contributed by atoms with Crippen LogP contribution in [-0.4, -0.2) is 22.5 Å². The van der Waals surface area contributed by atoms with Gasteiger partial charge in [0.05, 0.1) is 17.8 Å². The van der Waals surface area contributed by atoms with Crippen molar-refractivity contribution in [3.63, 3.8) is 0 Å². The molecule has 0 aliphatic rings. The monoisotopic (exact) mass is 257 g/mol. The molecule has 6 heteroatoms. The van der Waals surface area contributed by atoms with E-state index in [1.165, 1.54) is 0 Å². The second-order valence-corrected chi connectivity index (χ2v) is 4.00. The number of aromatic nitrogens is 2. The van der Waals surface area contributed by atoms with Crippen LogP contribution in [0.15, 0.2) is 24.3 Å². The summed E-state index contributed by atoms with van der Waals surface area (Å²) in [5.41, 5.74) is 1.60. The number of aryl methyl sites for hydroxylation is 1. The van der Waals surface area contributed by atoms with Crippen molar-refractivity contribution in [3.8, 4) is 0 Å². The first kappa shape index (κ1) is 12.9. The summed E-state index contributed by atoms with van der Waals surface area (Å²) in [5, 5.41) is 7.58. The third kappa shape index (κ3) is 2.81. The van der Waals surface area contributed by atoms with Gasteiger partial charge in [-0.3, -0.25) is 4.68 Å². The van der Waals surface area contributed by atoms with E-state index < -0.39 is 12.7 Å². The Hall–Kier alpha value is -1.56. The van der Waals surface area contributed by atoms with Crippen molar-refractivity contribution in [2.75, 3.05) is 6.54 Å². The van der Waals surface area contributed by atoms with Gasteiger partial charge in [-0.25, -0.2) is 0 Å². The molecule has 0 spiro atoms. The largest absolute Gasteiger partial charge is 0.401 e. The lowest BCUT2D eigenvalue weighted by Crippen LogP contribution is -2.28. The zero-order chi connectivity index (χ0) is 13.2. The number of benzene rings is 1. The lowest BCUT2D eigenvalue weighted by atomic mass is 10.2. The fraction of sp³-hybridized carbons (Fsp3) is 0.417. The molecule has 1 aromatic heterocycles. The Balaban J connectivity index is 2.18. The second kappa shape index (κ2) is 4.97. The molecule has 2 aromatic rings. The Morgan fingerprint density at radius 3 is 2.67 bits per heavy atom. The molecule has 98 valence electrons. The van der Waals surface area contributed by atoms with Crippen molar-refractivity contribution in [1.29, 1.82) is 0 Å². The topological polar surface area (TPSA) is 29.9 Å². The zero-order valence-electron chi connectivity index (χ0n) is 9.96. The molecule has 0 atom stereocenters. The van der Waals surface area contributed by atoms with Gasteiger partial charge in [-0.15, -0.1) is 0 Å². The van der Waals surface area contributed by atoms with Crippen LogP contribution in [0.5, 0.6) is 0 Å². The summed E-state index contributed by atoms with van der Waals surface area (Å²) < 4.78 is 38.0. The Labute approximate surface area is 103 Å². The van der Waals surface area contributed by atoms with E-state index in [2.05, 4.69) is 10.4 Å². The smallest absolute Gasteiger partial charge is 0.303 e. The standard InChI is InChI=1S/C12H14F3N3/c1-2-18-11-6-4-3-5-9(11)10(17-18)7-16-8-12(13,14)15/h3-6,16H,2,7-8H2,1H3. The number of rotatable bonds is 4. The Morgan fingerprint density at radius 1 is 1.28 bits per heavy atom. The molecule has 0 saturated heterocycles. The van der Waals surface area contributed by atoms with Crippen LogP contribution < -0.4 is 5.32 Å². The average Bonchev–Trinajstić information content (AvgIpc) is 2.66. The van der Waals surface area contributed by atoms with Crippen LogP contribution in [0.4, 0.5) is 13.2 Å². The fourth-order valence-electron chi connectivity index (χ4n) is 1.89. The van der Waals surface area contributed by atoms with E-state index in [1.54, 1.807) is 4.68 Å². The maximum absolute atomic E-state index is 12.1. The normalized spacial score (nSPS) is 12.2. The molecular formula is C12H14F3N3. The molecule has 0 saturated carbocycles. The number of hydrogen-bond acceptors (Lipinski definition) is 2. The van der Waals surface area contributed by atoms with Gasteiger partial charge in [-0.1, -0.05) is 18.2 Å². The minimum atomic E-state index is -4.19. The van der Waals surface area contributed by atoms with Gasteiger partial charge in [-0.2, -0.15) is 18.3 Å². The third-order valence-electron chi connectivity index (χ3n) is 2.65. The molecule has 0 radical (unpaired) electrons. The van der Waals surface area contributed by atoms with E-state index in [0.29, 0.717) is 12.2 Å². The van der Waals surface area contributed by atoms with Gasteiger partial charge >= 0.3 is 6.18 Å². The molecule has 3 nitrogen and oxygen atoms in total. The van der Waals surface area contributed by atoms with Crippen molar-refractivity contribution in [3.05, 3.63) is 30.0 Å². The van der Waals surface area contributed by atoms with Crippen molar-refractivity contribution >= 4 is 10.9 Å². The van der Waals surface area contributed by atoms with Crippen LogP contribution in [0.25, 0.3) is 10.9 Å². The highest BCUT2D eigenvalue weighted by Crippen LogP contribution is 2.19. The highest BCUT2D eigenvalue weighted by molar-refractivity contribution is 5.81. The van der Waals surface area contributed by atoms with Crippen molar-refractivity contribution < 1.29 is 13.2 Å². The van der Waals surface area contributed by atoms with Crippen LogP contribution >= 0.6 is 0 Å². The van der Waals surface area contributed by atoms with E-state index in [0.717, 1.165) is 10.9 Å². The van der Waals surface area contributed by atoms with Crippen LogP contribution in [0.1, 0.15) is 12.6 Å². The number of nitrogens with one attached hydrogen (secondary N) is 1. The molecular weight excluding hydrogens is 243 g/mol. The molecule has 0 fully saturated rings. The lowest BCUT2D eigenvalue weighted by Gasteiger charge is -2.06. The van der Waals surface area contributed by atoms with Gasteiger partial charge in [0.25, 0.3) is 0 Å². The van der Waals surface area contributed by atoms with Crippen LogP contribution in [-0.2, 0) is 13.1 Å². The highest BCUT2D eigenvalue weighted by atomic mass is 19.4. The molecule has 1 aromatic carbocycles. The van der Waals surface area contributed by atoms with E-state index in [1.807, 2.05) is 31.2 Å². The molecule has 0 amide bonds. The maximum Gasteiger partial charge on any atom is 0.401 e. The summed E-state index contributed by atoms with van der Waals surface area (Å²) in [5.74, 6) is 0. The quantitative estimate of drug-likeness (QED) is 0.912. The van der Waals surface area contributed by atoms with E-state index in [9.17, 15) is 13.2 Å². The first-order valence-corrected chi connectivity index (χ1v) is 5.73. The SMILES string of the molecule is CCn1nc(CNCC(F)(F)F)c2ccccc21. The molecule has 1 heterocycles. The number of para-hydroxylation sites is 1. The summed E-state index contributed by atoms with van der Waals surface area (Å²) in [7, 11) is 0. The minimum Gasteiger partial charge on any atom is -0.303 e. The van der Waals surface area contributed by atoms with Gasteiger partial charge in [0.1, 0.15) is 0 Å². The summed E-state index contributed by atoms with van der Waals surface area (Å²) in [6.45, 7) is 1.76. The minimum absolute atomic E-state index is 0.118. The van der Waals surface area contributed by atoms with Gasteiger partial charge < -0.3 is 5.32 Å². The summed E-state index contributed by atoms with van der Waals surface area (Å²) in [6.07, 6.45) is -4.19. The molecule has 2 rings (SSSR count). The van der Waals surface area contributed by atoms with Crippen molar-refractivity contribution in [2.45, 2.75) is 26.2 Å². The van der Waals surface area contributed by atoms with Gasteiger partial charge in [-0.05, 0) is 13.0 Å². The van der Waals surface area contributed by atoms with E-state index in [-0.39, 0.29) is 6.54 Å². The number of alkyl halides is 3. The summed E-state index contributed by atoms with van der Waals surface area (Å²) in [6, 6.07) is 7.54. The average molecular weight is 257 g/mol. The van der Waals surface area contributed by atoms with Gasteiger partial charge in [0.2, 0.25) is 0 Å². The van der Waals surface area contributed by atoms with Gasteiger partial charge in [0, 0.05) is 18.5 Å². The Bertz CT molecular complexity index is 531. The summed E-state index contributed by atoms with van der Waals surface area (Å²) >= 11 is 0. The highest BCUT2D eigenvalue weighted by Gasteiger charge is 2.26. The number of fused-ring (bicyclic) bond motifs is 1. The Kier molecular flexibility index (Phi) is 3.56. The van der Waals surface area contributed by atoms with E-state index in [4.69, 9.17) is 0 Å². The predicted molar refractivity (Wildman–Crippen MR) is 63.2 cm³/mol. The first-order valence-electron chi connectivity index (χ1n) is 5.73. The lowest BCUT2D eigenvalue weighted by molar-refractivity contribution is -0.125. The van der Waals surface area contributed by atoms with Crippen LogP contribution in [0.2, 0.25) is 0 Å². The molecule has 1 N–H and O–H groups in total. The molecule has 18 heavy (non-hydrogen) atoms.